The fourth-order valence-electron chi connectivity index (χ4n) is 1.71. The van der Waals surface area contributed by atoms with Crippen LogP contribution in [0.5, 0.6) is 11.5 Å². The first kappa shape index (κ1) is 12.4. The molecule has 0 saturated heterocycles. The Bertz CT molecular complexity index is 541. The fraction of sp³-hybridized carbons (Fsp3) is 0.188. The number of hydrogen-bond donors (Lipinski definition) is 0. The first-order valence-corrected chi connectivity index (χ1v) is 6.07. The molecular weight excluding hydrogens is 224 g/mol. The highest BCUT2D eigenvalue weighted by Crippen LogP contribution is 2.24. The maximum Gasteiger partial charge on any atom is 0.162 e. The van der Waals surface area contributed by atoms with Crippen LogP contribution in [0.25, 0.3) is 0 Å². The highest BCUT2D eigenvalue weighted by atomic mass is 16.5. The summed E-state index contributed by atoms with van der Waals surface area (Å²) in [4.78, 5) is 11.5. The van der Waals surface area contributed by atoms with Crippen LogP contribution in [-0.4, -0.2) is 5.78 Å². The van der Waals surface area contributed by atoms with Gasteiger partial charge in [-0.05, 0) is 42.8 Å². The van der Waals surface area contributed by atoms with Gasteiger partial charge < -0.3 is 4.74 Å². The molecule has 0 spiro atoms. The smallest absolute Gasteiger partial charge is 0.162 e. The Morgan fingerprint density at radius 3 is 2.33 bits per heavy atom. The maximum atomic E-state index is 11.5. The second kappa shape index (κ2) is 5.50. The Kier molecular flexibility index (Phi) is 3.78. The van der Waals surface area contributed by atoms with Gasteiger partial charge in [-0.3, -0.25) is 4.79 Å². The van der Waals surface area contributed by atoms with Crippen LogP contribution in [0.15, 0.2) is 48.5 Å². The minimum Gasteiger partial charge on any atom is -0.457 e. The summed E-state index contributed by atoms with van der Waals surface area (Å²) in [6, 6.07) is 15.1. The van der Waals surface area contributed by atoms with Crippen LogP contribution in [0.2, 0.25) is 0 Å². The van der Waals surface area contributed by atoms with Crippen molar-refractivity contribution in [1.82, 2.24) is 0 Å². The van der Waals surface area contributed by atoms with Crippen molar-refractivity contribution in [2.45, 2.75) is 20.3 Å². The van der Waals surface area contributed by atoms with E-state index in [9.17, 15) is 4.79 Å². The molecular formula is C16H16O2. The van der Waals surface area contributed by atoms with E-state index in [1.807, 2.05) is 50.2 Å². The van der Waals surface area contributed by atoms with E-state index < -0.39 is 0 Å². The van der Waals surface area contributed by atoms with Crippen LogP contribution in [0.4, 0.5) is 0 Å². The second-order valence-electron chi connectivity index (χ2n) is 4.17. The second-order valence-corrected chi connectivity index (χ2v) is 4.17. The van der Waals surface area contributed by atoms with Gasteiger partial charge in [0.2, 0.25) is 0 Å². The van der Waals surface area contributed by atoms with Crippen LogP contribution in [-0.2, 0) is 0 Å². The third-order valence-corrected chi connectivity index (χ3v) is 2.82. The molecule has 0 fully saturated rings. The molecule has 0 saturated carbocycles. The van der Waals surface area contributed by atoms with Crippen molar-refractivity contribution in [2.75, 3.05) is 0 Å². The van der Waals surface area contributed by atoms with E-state index in [4.69, 9.17) is 4.74 Å². The number of benzene rings is 2. The SMILES string of the molecule is CCC(=O)c1ccc(Oc2ccccc2C)cc1. The van der Waals surface area contributed by atoms with Gasteiger partial charge in [-0.25, -0.2) is 0 Å². The average molecular weight is 240 g/mol. The summed E-state index contributed by atoms with van der Waals surface area (Å²) < 4.78 is 5.77. The van der Waals surface area contributed by atoms with E-state index in [1.165, 1.54) is 0 Å². The minimum atomic E-state index is 0.150. The standard InChI is InChI=1S/C16H16O2/c1-3-15(17)13-8-10-14(11-9-13)18-16-7-5-4-6-12(16)2/h4-11H,3H2,1-2H3. The lowest BCUT2D eigenvalue weighted by Gasteiger charge is -2.08. The van der Waals surface area contributed by atoms with E-state index in [1.54, 1.807) is 12.1 Å². The number of carbonyl (C=O) groups is 1. The number of ketones is 1. The van der Waals surface area contributed by atoms with Gasteiger partial charge in [0.05, 0.1) is 0 Å². The van der Waals surface area contributed by atoms with Gasteiger partial charge in [-0.2, -0.15) is 0 Å². The maximum absolute atomic E-state index is 11.5. The summed E-state index contributed by atoms with van der Waals surface area (Å²) in [5.41, 5.74) is 1.82. The van der Waals surface area contributed by atoms with Crippen molar-refractivity contribution in [3.05, 3.63) is 59.7 Å². The molecule has 0 amide bonds. The molecule has 0 bridgehead atoms. The number of aryl methyl sites for hydroxylation is 1. The largest absolute Gasteiger partial charge is 0.457 e. The first-order valence-electron chi connectivity index (χ1n) is 6.07. The lowest BCUT2D eigenvalue weighted by atomic mass is 10.1. The zero-order valence-electron chi connectivity index (χ0n) is 10.6. The van der Waals surface area contributed by atoms with E-state index in [0.29, 0.717) is 6.42 Å². The van der Waals surface area contributed by atoms with Crippen molar-refractivity contribution in [3.63, 3.8) is 0 Å². The highest BCUT2D eigenvalue weighted by molar-refractivity contribution is 5.95. The van der Waals surface area contributed by atoms with Gasteiger partial charge in [0.15, 0.2) is 5.78 Å². The molecule has 2 aromatic carbocycles. The number of ether oxygens (including phenoxy) is 1. The highest BCUT2D eigenvalue weighted by Gasteiger charge is 2.04. The van der Waals surface area contributed by atoms with Crippen molar-refractivity contribution in [1.29, 1.82) is 0 Å². The molecule has 0 heterocycles. The molecule has 0 aliphatic carbocycles. The third kappa shape index (κ3) is 2.77. The van der Waals surface area contributed by atoms with Crippen molar-refractivity contribution < 1.29 is 9.53 Å². The fourth-order valence-corrected chi connectivity index (χ4v) is 1.71. The van der Waals surface area contributed by atoms with Gasteiger partial charge in [-0.1, -0.05) is 25.1 Å². The zero-order valence-corrected chi connectivity index (χ0v) is 10.6. The van der Waals surface area contributed by atoms with E-state index in [2.05, 4.69) is 0 Å². The molecule has 0 atom stereocenters. The summed E-state index contributed by atoms with van der Waals surface area (Å²) in [5, 5.41) is 0. The van der Waals surface area contributed by atoms with E-state index in [0.717, 1.165) is 22.6 Å². The molecule has 0 aliphatic rings. The number of para-hydroxylation sites is 1. The van der Waals surface area contributed by atoms with Crippen molar-refractivity contribution >= 4 is 5.78 Å². The van der Waals surface area contributed by atoms with Crippen molar-refractivity contribution in [2.24, 2.45) is 0 Å². The van der Waals surface area contributed by atoms with Gasteiger partial charge >= 0.3 is 0 Å². The number of Topliss-reactive ketones (excluding diaryl/α,β-unsaturated/α-hetero) is 1. The normalized spacial score (nSPS) is 10.1. The molecule has 2 rings (SSSR count). The topological polar surface area (TPSA) is 26.3 Å². The third-order valence-electron chi connectivity index (χ3n) is 2.82. The number of carbonyl (C=O) groups excluding carboxylic acids is 1. The van der Waals surface area contributed by atoms with Crippen LogP contribution < -0.4 is 4.74 Å². The van der Waals surface area contributed by atoms with Gasteiger partial charge in [-0.15, -0.1) is 0 Å². The Balaban J connectivity index is 2.16. The molecule has 0 N–H and O–H groups in total. The zero-order chi connectivity index (χ0) is 13.0. The van der Waals surface area contributed by atoms with Gasteiger partial charge in [0.1, 0.15) is 11.5 Å². The van der Waals surface area contributed by atoms with Crippen LogP contribution in [0.3, 0.4) is 0 Å². The molecule has 0 aliphatic heterocycles. The van der Waals surface area contributed by atoms with Gasteiger partial charge in [0.25, 0.3) is 0 Å². The lowest BCUT2D eigenvalue weighted by Crippen LogP contribution is -1.95. The first-order chi connectivity index (χ1) is 8.70. The molecule has 0 radical (unpaired) electrons. The van der Waals surface area contributed by atoms with E-state index >= 15 is 0 Å². The monoisotopic (exact) mass is 240 g/mol. The molecule has 2 nitrogen and oxygen atoms in total. The molecule has 2 heteroatoms. The van der Waals surface area contributed by atoms with Crippen molar-refractivity contribution in [3.8, 4) is 11.5 Å². The van der Waals surface area contributed by atoms with Crippen LogP contribution in [0, 0.1) is 6.92 Å². The minimum absolute atomic E-state index is 0.150. The summed E-state index contributed by atoms with van der Waals surface area (Å²) >= 11 is 0. The summed E-state index contributed by atoms with van der Waals surface area (Å²) in [6.07, 6.45) is 0.526. The predicted molar refractivity (Wildman–Crippen MR) is 72.3 cm³/mol. The Hall–Kier alpha value is -2.09. The quantitative estimate of drug-likeness (QED) is 0.741. The summed E-state index contributed by atoms with van der Waals surface area (Å²) in [5.74, 6) is 1.74. The summed E-state index contributed by atoms with van der Waals surface area (Å²) in [6.45, 7) is 3.87. The Labute approximate surface area is 107 Å². The van der Waals surface area contributed by atoms with E-state index in [-0.39, 0.29) is 5.78 Å². The molecule has 0 unspecified atom stereocenters. The molecule has 92 valence electrons. The van der Waals surface area contributed by atoms with Gasteiger partial charge in [0, 0.05) is 12.0 Å². The van der Waals surface area contributed by atoms with Crippen LogP contribution in [0.1, 0.15) is 29.3 Å². The Morgan fingerprint density at radius 2 is 1.72 bits per heavy atom. The molecule has 2 aromatic rings. The van der Waals surface area contributed by atoms with Crippen LogP contribution >= 0.6 is 0 Å². The predicted octanol–water partition coefficient (Wildman–Crippen LogP) is 4.38. The number of rotatable bonds is 4. The molecule has 18 heavy (non-hydrogen) atoms. The lowest BCUT2D eigenvalue weighted by molar-refractivity contribution is 0.0988. The summed E-state index contributed by atoms with van der Waals surface area (Å²) in [7, 11) is 0. The Morgan fingerprint density at radius 1 is 1.06 bits per heavy atom. The average Bonchev–Trinajstić information content (AvgIpc) is 2.41. The number of hydrogen-bond acceptors (Lipinski definition) is 2. The molecule has 0 aromatic heterocycles.